The molecule has 30 heavy (non-hydrogen) atoms. The molecule has 0 radical (unpaired) electrons. The number of nitrogens with one attached hydrogen (secondary N) is 2. The van der Waals surface area contributed by atoms with E-state index in [9.17, 15) is 14.4 Å². The number of likely N-dealkylation sites (N-methyl/N-ethyl adjacent to an activating group) is 1. The second-order valence-electron chi connectivity index (χ2n) is 8.28. The van der Waals surface area contributed by atoms with Crippen LogP contribution in [0.25, 0.3) is 0 Å². The van der Waals surface area contributed by atoms with Gasteiger partial charge in [0.2, 0.25) is 11.8 Å². The molecule has 2 rings (SSSR count). The minimum Gasteiger partial charge on any atom is -0.353 e. The highest BCUT2D eigenvalue weighted by atomic mass is 32.2. The quantitative estimate of drug-likeness (QED) is 0.614. The molecule has 7 heteroatoms. The fraction of sp³-hybridized carbons (Fsp3) is 0.609. The molecule has 0 aromatic heterocycles. The fourth-order valence-electron chi connectivity index (χ4n) is 3.64. The molecule has 1 saturated carbocycles. The maximum absolute atomic E-state index is 12.9. The molecule has 0 aliphatic heterocycles. The third-order valence-corrected chi connectivity index (χ3v) is 6.20. The fourth-order valence-corrected chi connectivity index (χ4v) is 4.50. The standard InChI is InChI=1S/C23H35N3O3S/c1-17(2)24-21(27)15-26(3)23(29)19-13-9-10-14-20(19)30-16-22(28)25-18-11-7-5-4-6-8-12-18/h9-10,13-14,17-18H,4-8,11-12,15-16H2,1-3H3,(H,24,27)(H,25,28). The zero-order chi connectivity index (χ0) is 21.9. The Morgan fingerprint density at radius 2 is 1.67 bits per heavy atom. The summed E-state index contributed by atoms with van der Waals surface area (Å²) in [7, 11) is 1.62. The largest absolute Gasteiger partial charge is 0.353 e. The highest BCUT2D eigenvalue weighted by molar-refractivity contribution is 8.00. The van der Waals surface area contributed by atoms with Crippen molar-refractivity contribution < 1.29 is 14.4 Å². The SMILES string of the molecule is CC(C)NC(=O)CN(C)C(=O)c1ccccc1SCC(=O)NC1CCCCCCC1. The molecule has 0 unspecified atom stereocenters. The lowest BCUT2D eigenvalue weighted by atomic mass is 9.97. The van der Waals surface area contributed by atoms with Crippen molar-refractivity contribution in [2.24, 2.45) is 0 Å². The highest BCUT2D eigenvalue weighted by Gasteiger charge is 2.20. The second-order valence-corrected chi connectivity index (χ2v) is 9.29. The van der Waals surface area contributed by atoms with E-state index in [-0.39, 0.29) is 42.1 Å². The number of thioether (sulfide) groups is 1. The number of carbonyl (C=O) groups is 3. The van der Waals surface area contributed by atoms with Gasteiger partial charge in [0.05, 0.1) is 17.9 Å². The van der Waals surface area contributed by atoms with Crippen molar-refractivity contribution in [1.29, 1.82) is 0 Å². The van der Waals surface area contributed by atoms with Crippen LogP contribution in [0, 0.1) is 0 Å². The first-order chi connectivity index (χ1) is 14.4. The molecule has 0 bridgehead atoms. The van der Waals surface area contributed by atoms with Crippen LogP contribution >= 0.6 is 11.8 Å². The molecule has 0 saturated heterocycles. The van der Waals surface area contributed by atoms with E-state index >= 15 is 0 Å². The lowest BCUT2D eigenvalue weighted by Crippen LogP contribution is -2.41. The maximum Gasteiger partial charge on any atom is 0.255 e. The average Bonchev–Trinajstić information content (AvgIpc) is 2.67. The van der Waals surface area contributed by atoms with E-state index in [2.05, 4.69) is 10.6 Å². The molecule has 0 spiro atoms. The highest BCUT2D eigenvalue weighted by Crippen LogP contribution is 2.24. The van der Waals surface area contributed by atoms with Crippen molar-refractivity contribution in [2.45, 2.75) is 75.8 Å². The molecule has 2 N–H and O–H groups in total. The number of benzene rings is 1. The van der Waals surface area contributed by atoms with Crippen LogP contribution in [0.4, 0.5) is 0 Å². The zero-order valence-electron chi connectivity index (χ0n) is 18.4. The van der Waals surface area contributed by atoms with E-state index in [4.69, 9.17) is 0 Å². The normalized spacial score (nSPS) is 15.2. The van der Waals surface area contributed by atoms with Crippen molar-refractivity contribution in [2.75, 3.05) is 19.3 Å². The lowest BCUT2D eigenvalue weighted by Gasteiger charge is -2.21. The van der Waals surface area contributed by atoms with Crippen LogP contribution in [0.15, 0.2) is 29.2 Å². The average molecular weight is 434 g/mol. The van der Waals surface area contributed by atoms with Gasteiger partial charge < -0.3 is 15.5 Å². The van der Waals surface area contributed by atoms with Crippen LogP contribution in [-0.4, -0.2) is 54.1 Å². The van der Waals surface area contributed by atoms with E-state index in [0.29, 0.717) is 5.56 Å². The number of amides is 3. The Balaban J connectivity index is 1.91. The van der Waals surface area contributed by atoms with Gasteiger partial charge >= 0.3 is 0 Å². The smallest absolute Gasteiger partial charge is 0.255 e. The molecule has 6 nitrogen and oxygen atoms in total. The van der Waals surface area contributed by atoms with Gasteiger partial charge in [-0.3, -0.25) is 14.4 Å². The molecular weight excluding hydrogens is 398 g/mol. The first kappa shape index (κ1) is 24.3. The summed E-state index contributed by atoms with van der Waals surface area (Å²) in [6.45, 7) is 3.76. The van der Waals surface area contributed by atoms with Gasteiger partial charge in [-0.25, -0.2) is 0 Å². The van der Waals surface area contributed by atoms with Crippen LogP contribution in [0.1, 0.15) is 69.2 Å². The van der Waals surface area contributed by atoms with E-state index in [1.165, 1.54) is 48.8 Å². The Morgan fingerprint density at radius 3 is 2.33 bits per heavy atom. The molecule has 1 aliphatic rings. The molecule has 3 amide bonds. The minimum absolute atomic E-state index is 0.00181. The van der Waals surface area contributed by atoms with Gasteiger partial charge in [0.1, 0.15) is 0 Å². The zero-order valence-corrected chi connectivity index (χ0v) is 19.2. The van der Waals surface area contributed by atoms with E-state index in [1.54, 1.807) is 19.2 Å². The molecule has 0 heterocycles. The summed E-state index contributed by atoms with van der Waals surface area (Å²) < 4.78 is 0. The summed E-state index contributed by atoms with van der Waals surface area (Å²) >= 11 is 1.37. The summed E-state index contributed by atoms with van der Waals surface area (Å²) in [6, 6.07) is 7.55. The van der Waals surface area contributed by atoms with Gasteiger partial charge in [-0.1, -0.05) is 44.2 Å². The van der Waals surface area contributed by atoms with Gasteiger partial charge in [-0.15, -0.1) is 11.8 Å². The second kappa shape index (κ2) is 12.6. The summed E-state index contributed by atoms with van der Waals surface area (Å²) in [5.74, 6) is -0.127. The van der Waals surface area contributed by atoms with Crippen molar-refractivity contribution in [3.05, 3.63) is 29.8 Å². The van der Waals surface area contributed by atoms with Gasteiger partial charge in [-0.2, -0.15) is 0 Å². The topological polar surface area (TPSA) is 78.5 Å². The van der Waals surface area contributed by atoms with Crippen LogP contribution in [-0.2, 0) is 9.59 Å². The first-order valence-electron chi connectivity index (χ1n) is 10.9. The van der Waals surface area contributed by atoms with Crippen molar-refractivity contribution in [1.82, 2.24) is 15.5 Å². The maximum atomic E-state index is 12.9. The van der Waals surface area contributed by atoms with E-state index < -0.39 is 0 Å². The predicted octanol–water partition coefficient (Wildman–Crippen LogP) is 3.60. The predicted molar refractivity (Wildman–Crippen MR) is 122 cm³/mol. The summed E-state index contributed by atoms with van der Waals surface area (Å²) in [5.41, 5.74) is 0.515. The summed E-state index contributed by atoms with van der Waals surface area (Å²) in [5, 5.41) is 5.96. The Hall–Kier alpha value is -2.02. The number of hydrogen-bond acceptors (Lipinski definition) is 4. The Bertz CT molecular complexity index is 715. The monoisotopic (exact) mass is 433 g/mol. The summed E-state index contributed by atoms with van der Waals surface area (Å²) in [4.78, 5) is 39.5. The lowest BCUT2D eigenvalue weighted by molar-refractivity contribution is -0.122. The number of rotatable bonds is 8. The number of carbonyl (C=O) groups excluding carboxylic acids is 3. The van der Waals surface area contributed by atoms with E-state index in [1.807, 2.05) is 26.0 Å². The Labute approximate surface area is 184 Å². The van der Waals surface area contributed by atoms with Crippen molar-refractivity contribution >= 4 is 29.5 Å². The van der Waals surface area contributed by atoms with Crippen LogP contribution < -0.4 is 10.6 Å². The molecule has 1 aromatic carbocycles. The molecule has 1 aromatic rings. The molecule has 1 aliphatic carbocycles. The molecule has 166 valence electrons. The number of hydrogen-bond donors (Lipinski definition) is 2. The summed E-state index contributed by atoms with van der Waals surface area (Å²) in [6.07, 6.45) is 8.25. The minimum atomic E-state index is -0.225. The van der Waals surface area contributed by atoms with Gasteiger partial charge in [0.25, 0.3) is 5.91 Å². The van der Waals surface area contributed by atoms with Gasteiger partial charge in [0, 0.05) is 24.0 Å². The van der Waals surface area contributed by atoms with Crippen molar-refractivity contribution in [3.8, 4) is 0 Å². The number of nitrogens with zero attached hydrogens (tertiary/aromatic N) is 1. The van der Waals surface area contributed by atoms with Gasteiger partial charge in [0.15, 0.2) is 0 Å². The Kier molecular flexibility index (Phi) is 10.2. The third kappa shape index (κ3) is 8.38. The van der Waals surface area contributed by atoms with E-state index in [0.717, 1.165) is 17.7 Å². The van der Waals surface area contributed by atoms with Crippen molar-refractivity contribution in [3.63, 3.8) is 0 Å². The van der Waals surface area contributed by atoms with Crippen LogP contribution in [0.2, 0.25) is 0 Å². The van der Waals surface area contributed by atoms with Crippen LogP contribution in [0.5, 0.6) is 0 Å². The Morgan fingerprint density at radius 1 is 1.03 bits per heavy atom. The first-order valence-corrected chi connectivity index (χ1v) is 11.9. The third-order valence-electron chi connectivity index (χ3n) is 5.12. The molecule has 0 atom stereocenters. The molecular formula is C23H35N3O3S. The van der Waals surface area contributed by atoms with Crippen LogP contribution in [0.3, 0.4) is 0 Å². The van der Waals surface area contributed by atoms with Gasteiger partial charge in [-0.05, 0) is 38.8 Å². The molecule has 1 fully saturated rings.